The molecule has 0 bridgehead atoms. The SMILES string of the molecule is NCCCCCN1CCOCC1CO. The van der Waals surface area contributed by atoms with Crippen molar-refractivity contribution in [3.63, 3.8) is 0 Å². The Morgan fingerprint density at radius 1 is 1.36 bits per heavy atom. The van der Waals surface area contributed by atoms with Crippen LogP contribution >= 0.6 is 0 Å². The van der Waals surface area contributed by atoms with Crippen molar-refractivity contribution in [3.8, 4) is 0 Å². The maximum atomic E-state index is 9.12. The predicted octanol–water partition coefficient (Wildman–Crippen LogP) is -0.191. The Kier molecular flexibility index (Phi) is 6.10. The molecule has 0 aromatic rings. The fourth-order valence-corrected chi connectivity index (χ4v) is 1.79. The Hall–Kier alpha value is -0.160. The Labute approximate surface area is 86.0 Å². The molecule has 1 aliphatic heterocycles. The lowest BCUT2D eigenvalue weighted by Crippen LogP contribution is -2.47. The van der Waals surface area contributed by atoms with Gasteiger partial charge in [-0.3, -0.25) is 4.90 Å². The summed E-state index contributed by atoms with van der Waals surface area (Å²) in [6.45, 7) is 4.48. The number of aliphatic hydroxyl groups excluding tert-OH is 1. The van der Waals surface area contributed by atoms with Crippen molar-refractivity contribution in [2.24, 2.45) is 5.73 Å². The molecule has 4 heteroatoms. The molecule has 1 saturated heterocycles. The molecule has 84 valence electrons. The van der Waals surface area contributed by atoms with Crippen LogP contribution in [0, 0.1) is 0 Å². The first-order chi connectivity index (χ1) is 6.88. The van der Waals surface area contributed by atoms with Crippen LogP contribution in [0.1, 0.15) is 19.3 Å². The second kappa shape index (κ2) is 7.17. The van der Waals surface area contributed by atoms with Gasteiger partial charge in [-0.05, 0) is 25.9 Å². The van der Waals surface area contributed by atoms with E-state index >= 15 is 0 Å². The number of nitrogens with two attached hydrogens (primary N) is 1. The first-order valence-electron chi connectivity index (χ1n) is 5.51. The smallest absolute Gasteiger partial charge is 0.0644 e. The van der Waals surface area contributed by atoms with E-state index in [1.54, 1.807) is 0 Å². The van der Waals surface area contributed by atoms with E-state index in [1.807, 2.05) is 0 Å². The largest absolute Gasteiger partial charge is 0.395 e. The van der Waals surface area contributed by atoms with Crippen LogP contribution in [-0.4, -0.2) is 55.5 Å². The van der Waals surface area contributed by atoms with Crippen LogP contribution in [-0.2, 0) is 4.74 Å². The van der Waals surface area contributed by atoms with E-state index in [2.05, 4.69) is 4.90 Å². The van der Waals surface area contributed by atoms with Crippen molar-refractivity contribution in [2.75, 3.05) is 39.5 Å². The number of ether oxygens (including phenoxy) is 1. The Morgan fingerprint density at radius 2 is 2.21 bits per heavy atom. The van der Waals surface area contributed by atoms with E-state index < -0.39 is 0 Å². The minimum Gasteiger partial charge on any atom is -0.395 e. The van der Waals surface area contributed by atoms with Gasteiger partial charge in [-0.1, -0.05) is 6.42 Å². The molecule has 1 fully saturated rings. The maximum absolute atomic E-state index is 9.12. The zero-order chi connectivity index (χ0) is 10.2. The summed E-state index contributed by atoms with van der Waals surface area (Å²) in [6, 6.07) is 0.210. The van der Waals surface area contributed by atoms with Crippen LogP contribution in [0.3, 0.4) is 0 Å². The summed E-state index contributed by atoms with van der Waals surface area (Å²) in [6.07, 6.45) is 3.47. The molecule has 1 unspecified atom stereocenters. The number of unbranched alkanes of at least 4 members (excludes halogenated alkanes) is 2. The van der Waals surface area contributed by atoms with Crippen LogP contribution in [0.2, 0.25) is 0 Å². The second-order valence-corrected chi connectivity index (χ2v) is 3.80. The second-order valence-electron chi connectivity index (χ2n) is 3.80. The van der Waals surface area contributed by atoms with Crippen LogP contribution in [0.25, 0.3) is 0 Å². The predicted molar refractivity (Wildman–Crippen MR) is 56.2 cm³/mol. The molecule has 14 heavy (non-hydrogen) atoms. The third-order valence-corrected chi connectivity index (χ3v) is 2.71. The molecule has 0 aliphatic carbocycles. The van der Waals surface area contributed by atoms with E-state index in [0.29, 0.717) is 6.61 Å². The number of aliphatic hydroxyl groups is 1. The highest BCUT2D eigenvalue weighted by atomic mass is 16.5. The molecule has 0 aromatic heterocycles. The molecule has 0 radical (unpaired) electrons. The Bertz CT molecular complexity index is 144. The number of hydrogen-bond donors (Lipinski definition) is 2. The summed E-state index contributed by atoms with van der Waals surface area (Å²) in [5.74, 6) is 0. The lowest BCUT2D eigenvalue weighted by atomic mass is 10.2. The third kappa shape index (κ3) is 3.92. The van der Waals surface area contributed by atoms with Crippen molar-refractivity contribution < 1.29 is 9.84 Å². The summed E-state index contributed by atoms with van der Waals surface area (Å²) < 4.78 is 5.31. The highest BCUT2D eigenvalue weighted by molar-refractivity contribution is 4.74. The summed E-state index contributed by atoms with van der Waals surface area (Å²) in [5, 5.41) is 9.12. The lowest BCUT2D eigenvalue weighted by molar-refractivity contribution is -0.0278. The molecular weight excluding hydrogens is 180 g/mol. The molecular formula is C10H22N2O2. The molecule has 0 aromatic carbocycles. The van der Waals surface area contributed by atoms with Crippen molar-refractivity contribution >= 4 is 0 Å². The Morgan fingerprint density at radius 3 is 2.93 bits per heavy atom. The van der Waals surface area contributed by atoms with Gasteiger partial charge >= 0.3 is 0 Å². The van der Waals surface area contributed by atoms with Crippen molar-refractivity contribution in [2.45, 2.75) is 25.3 Å². The number of hydrogen-bond acceptors (Lipinski definition) is 4. The Balaban J connectivity index is 2.13. The standard InChI is InChI=1S/C10H22N2O2/c11-4-2-1-3-5-12-6-7-14-9-10(12)8-13/h10,13H,1-9,11H2. The molecule has 3 N–H and O–H groups in total. The quantitative estimate of drug-likeness (QED) is 0.586. The van der Waals surface area contributed by atoms with Crippen molar-refractivity contribution in [3.05, 3.63) is 0 Å². The summed E-state index contributed by atoms with van der Waals surface area (Å²) in [5.41, 5.74) is 5.43. The minimum absolute atomic E-state index is 0.205. The van der Waals surface area contributed by atoms with Gasteiger partial charge in [-0.15, -0.1) is 0 Å². The fourth-order valence-electron chi connectivity index (χ4n) is 1.79. The van der Waals surface area contributed by atoms with Gasteiger partial charge in [0, 0.05) is 6.54 Å². The van der Waals surface area contributed by atoms with Crippen LogP contribution < -0.4 is 5.73 Å². The van der Waals surface area contributed by atoms with Gasteiger partial charge in [-0.2, -0.15) is 0 Å². The molecule has 0 amide bonds. The topological polar surface area (TPSA) is 58.7 Å². The normalized spacial score (nSPS) is 24.0. The van der Waals surface area contributed by atoms with Crippen LogP contribution in [0.5, 0.6) is 0 Å². The van der Waals surface area contributed by atoms with E-state index in [9.17, 15) is 0 Å². The van der Waals surface area contributed by atoms with Gasteiger partial charge in [0.2, 0.25) is 0 Å². The summed E-state index contributed by atoms with van der Waals surface area (Å²) >= 11 is 0. The van der Waals surface area contributed by atoms with Crippen molar-refractivity contribution in [1.82, 2.24) is 4.90 Å². The van der Waals surface area contributed by atoms with Gasteiger partial charge in [-0.25, -0.2) is 0 Å². The zero-order valence-electron chi connectivity index (χ0n) is 8.82. The fraction of sp³-hybridized carbons (Fsp3) is 1.00. The highest BCUT2D eigenvalue weighted by Gasteiger charge is 2.21. The van der Waals surface area contributed by atoms with Crippen LogP contribution in [0.4, 0.5) is 0 Å². The summed E-state index contributed by atoms with van der Waals surface area (Å²) in [7, 11) is 0. The van der Waals surface area contributed by atoms with Crippen molar-refractivity contribution in [1.29, 1.82) is 0 Å². The third-order valence-electron chi connectivity index (χ3n) is 2.71. The lowest BCUT2D eigenvalue weighted by Gasteiger charge is -2.34. The molecule has 0 saturated carbocycles. The molecule has 1 aliphatic rings. The average molecular weight is 202 g/mol. The molecule has 0 spiro atoms. The van der Waals surface area contributed by atoms with E-state index in [-0.39, 0.29) is 12.6 Å². The average Bonchev–Trinajstić information content (AvgIpc) is 2.25. The van der Waals surface area contributed by atoms with Gasteiger partial charge in [0.25, 0.3) is 0 Å². The molecule has 1 rings (SSSR count). The maximum Gasteiger partial charge on any atom is 0.0644 e. The van der Waals surface area contributed by atoms with E-state index in [4.69, 9.17) is 15.6 Å². The minimum atomic E-state index is 0.205. The zero-order valence-corrected chi connectivity index (χ0v) is 8.82. The first kappa shape index (κ1) is 11.9. The molecule has 1 heterocycles. The van der Waals surface area contributed by atoms with Gasteiger partial charge in [0.15, 0.2) is 0 Å². The first-order valence-corrected chi connectivity index (χ1v) is 5.51. The van der Waals surface area contributed by atoms with Gasteiger partial charge < -0.3 is 15.6 Å². The summed E-state index contributed by atoms with van der Waals surface area (Å²) in [4.78, 5) is 2.32. The van der Waals surface area contributed by atoms with E-state index in [0.717, 1.165) is 32.7 Å². The van der Waals surface area contributed by atoms with Gasteiger partial charge in [0.05, 0.1) is 25.9 Å². The van der Waals surface area contributed by atoms with Gasteiger partial charge in [0.1, 0.15) is 0 Å². The molecule has 4 nitrogen and oxygen atoms in total. The molecule has 1 atom stereocenters. The number of rotatable bonds is 6. The van der Waals surface area contributed by atoms with E-state index in [1.165, 1.54) is 12.8 Å². The number of morpholine rings is 1. The number of nitrogens with zero attached hydrogens (tertiary/aromatic N) is 1. The monoisotopic (exact) mass is 202 g/mol. The highest BCUT2D eigenvalue weighted by Crippen LogP contribution is 2.08. The van der Waals surface area contributed by atoms with Crippen LogP contribution in [0.15, 0.2) is 0 Å².